The van der Waals surface area contributed by atoms with E-state index in [-0.39, 0.29) is 23.4 Å². The van der Waals surface area contributed by atoms with Crippen molar-refractivity contribution in [1.29, 1.82) is 0 Å². The van der Waals surface area contributed by atoms with E-state index in [1.54, 1.807) is 12.1 Å². The summed E-state index contributed by atoms with van der Waals surface area (Å²) in [5.74, 6) is 0.261. The van der Waals surface area contributed by atoms with Crippen LogP contribution in [0, 0.1) is 0 Å². The van der Waals surface area contributed by atoms with Crippen molar-refractivity contribution in [2.75, 3.05) is 5.32 Å². The minimum absolute atomic E-state index is 0.0469. The fourth-order valence-corrected chi connectivity index (χ4v) is 3.83. The van der Waals surface area contributed by atoms with Gasteiger partial charge in [0.25, 0.3) is 0 Å². The van der Waals surface area contributed by atoms with Crippen molar-refractivity contribution in [2.24, 2.45) is 0 Å². The molecule has 0 saturated heterocycles. The quantitative estimate of drug-likeness (QED) is 0.348. The molecule has 0 aliphatic heterocycles. The summed E-state index contributed by atoms with van der Waals surface area (Å²) in [6.07, 6.45) is 0. The molecule has 156 valence electrons. The van der Waals surface area contributed by atoms with E-state index >= 15 is 0 Å². The maximum atomic E-state index is 11.7. The van der Waals surface area contributed by atoms with Crippen LogP contribution in [0.1, 0.15) is 6.92 Å². The number of aromatic hydroxyl groups is 1. The van der Waals surface area contributed by atoms with Crippen LogP contribution in [0.3, 0.4) is 0 Å². The van der Waals surface area contributed by atoms with E-state index in [0.29, 0.717) is 11.3 Å². The fourth-order valence-electron chi connectivity index (χ4n) is 3.83. The lowest BCUT2D eigenvalue weighted by molar-refractivity contribution is -0.114. The van der Waals surface area contributed by atoms with Crippen molar-refractivity contribution in [3.8, 4) is 39.6 Å². The molecule has 0 radical (unpaired) electrons. The van der Waals surface area contributed by atoms with Gasteiger partial charge >= 0.3 is 0 Å². The van der Waals surface area contributed by atoms with Gasteiger partial charge in [0.1, 0.15) is 11.4 Å². The van der Waals surface area contributed by atoms with Gasteiger partial charge in [0.2, 0.25) is 17.7 Å². The molecule has 5 rings (SSSR count). The van der Waals surface area contributed by atoms with Crippen LogP contribution in [-0.4, -0.2) is 16.0 Å². The summed E-state index contributed by atoms with van der Waals surface area (Å²) in [6, 6.07) is 29.1. The molecule has 0 spiro atoms. The molecule has 5 heteroatoms. The van der Waals surface area contributed by atoms with Crippen LogP contribution in [0.25, 0.3) is 44.6 Å². The first-order valence-corrected chi connectivity index (χ1v) is 10.3. The Morgan fingerprint density at radius 2 is 1.59 bits per heavy atom. The second-order valence-corrected chi connectivity index (χ2v) is 7.50. The van der Waals surface area contributed by atoms with Gasteiger partial charge in [-0.3, -0.25) is 10.1 Å². The number of hydrogen-bond donors (Lipinski definition) is 2. The van der Waals surface area contributed by atoms with E-state index in [9.17, 15) is 9.90 Å². The number of fused-ring (bicyclic) bond motifs is 1. The monoisotopic (exact) mass is 420 g/mol. The minimum Gasteiger partial charge on any atom is -0.507 e. The van der Waals surface area contributed by atoms with Crippen LogP contribution >= 0.6 is 0 Å². The summed E-state index contributed by atoms with van der Waals surface area (Å²) in [5.41, 5.74) is 3.68. The molecule has 0 saturated carbocycles. The van der Waals surface area contributed by atoms with E-state index in [1.165, 1.54) is 6.92 Å². The molecule has 0 atom stereocenters. The molecule has 4 aromatic carbocycles. The number of oxazole rings is 1. The van der Waals surface area contributed by atoms with Gasteiger partial charge in [0.05, 0.1) is 5.56 Å². The third-order valence-electron chi connectivity index (χ3n) is 5.29. The molecule has 1 aromatic heterocycles. The van der Waals surface area contributed by atoms with Crippen molar-refractivity contribution < 1.29 is 14.3 Å². The molecule has 1 amide bonds. The predicted octanol–water partition coefficient (Wildman–Crippen LogP) is 6.49. The van der Waals surface area contributed by atoms with E-state index in [1.807, 2.05) is 60.7 Å². The molecule has 5 aromatic rings. The Kier molecular flexibility index (Phi) is 4.92. The number of carbonyl (C=O) groups excluding carboxylic acids is 1. The number of amides is 1. The summed E-state index contributed by atoms with van der Waals surface area (Å²) in [6.45, 7) is 1.41. The average Bonchev–Trinajstić information content (AvgIpc) is 3.22. The van der Waals surface area contributed by atoms with Crippen LogP contribution < -0.4 is 5.32 Å². The van der Waals surface area contributed by atoms with Gasteiger partial charge in [0, 0.05) is 12.5 Å². The third-order valence-corrected chi connectivity index (χ3v) is 5.29. The molecular formula is C27H20N2O3. The fraction of sp³-hybridized carbons (Fsp3) is 0.0370. The number of nitrogens with zero attached hydrogens (tertiary/aromatic N) is 1. The Labute approximate surface area is 185 Å². The zero-order valence-corrected chi connectivity index (χ0v) is 17.4. The van der Waals surface area contributed by atoms with Crippen molar-refractivity contribution in [1.82, 2.24) is 4.98 Å². The Bertz CT molecular complexity index is 1430. The normalized spacial score (nSPS) is 10.9. The smallest absolute Gasteiger partial charge is 0.233 e. The third kappa shape index (κ3) is 3.61. The average molecular weight is 420 g/mol. The zero-order chi connectivity index (χ0) is 22.1. The number of benzene rings is 4. The largest absolute Gasteiger partial charge is 0.507 e. The van der Waals surface area contributed by atoms with Gasteiger partial charge < -0.3 is 9.52 Å². The summed E-state index contributed by atoms with van der Waals surface area (Å²) in [5, 5.41) is 15.8. The van der Waals surface area contributed by atoms with E-state index < -0.39 is 0 Å². The molecule has 2 N–H and O–H groups in total. The lowest BCUT2D eigenvalue weighted by Gasteiger charge is -2.09. The SMILES string of the molecule is CC(=O)Nc1oc(-c2ccc(-c3cccc4ccccc34)cc2O)nc1-c1ccccc1. The first-order valence-electron chi connectivity index (χ1n) is 10.3. The number of aromatic nitrogens is 1. The number of carbonyl (C=O) groups is 1. The van der Waals surface area contributed by atoms with Crippen molar-refractivity contribution in [3.05, 3.63) is 91.0 Å². The highest BCUT2D eigenvalue weighted by Gasteiger charge is 2.20. The van der Waals surface area contributed by atoms with Crippen molar-refractivity contribution in [3.63, 3.8) is 0 Å². The second-order valence-electron chi connectivity index (χ2n) is 7.50. The highest BCUT2D eigenvalue weighted by Crippen LogP contribution is 2.39. The van der Waals surface area contributed by atoms with Crippen LogP contribution in [0.15, 0.2) is 95.4 Å². The van der Waals surface area contributed by atoms with Crippen LogP contribution in [-0.2, 0) is 4.79 Å². The lowest BCUT2D eigenvalue weighted by Crippen LogP contribution is -2.05. The number of rotatable bonds is 4. The molecule has 0 aliphatic carbocycles. The Morgan fingerprint density at radius 3 is 2.38 bits per heavy atom. The van der Waals surface area contributed by atoms with Crippen LogP contribution in [0.4, 0.5) is 5.88 Å². The van der Waals surface area contributed by atoms with Gasteiger partial charge in [-0.25, -0.2) is 4.98 Å². The number of anilines is 1. The summed E-state index contributed by atoms with van der Waals surface area (Å²) < 4.78 is 5.86. The van der Waals surface area contributed by atoms with Gasteiger partial charge in [0.15, 0.2) is 0 Å². The van der Waals surface area contributed by atoms with Gasteiger partial charge in [-0.15, -0.1) is 0 Å². The summed E-state index contributed by atoms with van der Waals surface area (Å²) >= 11 is 0. The molecule has 0 fully saturated rings. The molecule has 0 aliphatic rings. The minimum atomic E-state index is -0.264. The van der Waals surface area contributed by atoms with E-state index in [0.717, 1.165) is 27.5 Å². The number of phenolic OH excluding ortho intramolecular Hbond substituents is 1. The number of nitrogens with one attached hydrogen (secondary N) is 1. The number of phenols is 1. The second kappa shape index (κ2) is 8.04. The van der Waals surface area contributed by atoms with Gasteiger partial charge in [-0.1, -0.05) is 78.9 Å². The Morgan fingerprint density at radius 1 is 0.844 bits per heavy atom. The maximum Gasteiger partial charge on any atom is 0.233 e. The first-order chi connectivity index (χ1) is 15.6. The summed E-state index contributed by atoms with van der Waals surface area (Å²) in [7, 11) is 0. The Hall–Kier alpha value is -4.38. The van der Waals surface area contributed by atoms with E-state index in [4.69, 9.17) is 4.42 Å². The van der Waals surface area contributed by atoms with Gasteiger partial charge in [-0.2, -0.15) is 0 Å². The van der Waals surface area contributed by atoms with Crippen LogP contribution in [0.2, 0.25) is 0 Å². The molecule has 0 bridgehead atoms. The van der Waals surface area contributed by atoms with Crippen molar-refractivity contribution in [2.45, 2.75) is 6.92 Å². The standard InChI is InChI=1S/C27H20N2O3/c1-17(30)28-27-25(19-9-3-2-4-10-19)29-26(32-27)23-15-14-20(16-24(23)31)22-13-7-11-18-8-5-6-12-21(18)22/h2-16,31H,1H3,(H,28,30). The molecule has 1 heterocycles. The first kappa shape index (κ1) is 19.6. The molecule has 0 unspecified atom stereocenters. The zero-order valence-electron chi connectivity index (χ0n) is 17.4. The highest BCUT2D eigenvalue weighted by molar-refractivity contribution is 5.97. The maximum absolute atomic E-state index is 11.7. The van der Waals surface area contributed by atoms with E-state index in [2.05, 4.69) is 28.5 Å². The Balaban J connectivity index is 1.59. The summed E-state index contributed by atoms with van der Waals surface area (Å²) in [4.78, 5) is 16.2. The van der Waals surface area contributed by atoms with Gasteiger partial charge in [-0.05, 0) is 34.0 Å². The predicted molar refractivity (Wildman–Crippen MR) is 126 cm³/mol. The molecule has 5 nitrogen and oxygen atoms in total. The van der Waals surface area contributed by atoms with Crippen molar-refractivity contribution >= 4 is 22.6 Å². The number of hydrogen-bond acceptors (Lipinski definition) is 4. The topological polar surface area (TPSA) is 75.4 Å². The lowest BCUT2D eigenvalue weighted by atomic mass is 9.97. The highest BCUT2D eigenvalue weighted by atomic mass is 16.4. The molecular weight excluding hydrogens is 400 g/mol. The molecule has 32 heavy (non-hydrogen) atoms. The van der Waals surface area contributed by atoms with Crippen LogP contribution in [0.5, 0.6) is 5.75 Å².